The number of rotatable bonds is 6. The van der Waals surface area contributed by atoms with Crippen LogP contribution in [0.15, 0.2) is 85.1 Å². The fourth-order valence-electron chi connectivity index (χ4n) is 3.11. The number of nitrogens with one attached hydrogen (secondary N) is 1. The van der Waals surface area contributed by atoms with E-state index in [1.165, 1.54) is 0 Å². The van der Waals surface area contributed by atoms with Crippen molar-refractivity contribution in [2.75, 3.05) is 11.1 Å². The van der Waals surface area contributed by atoms with Crippen LogP contribution in [0.3, 0.4) is 0 Å². The van der Waals surface area contributed by atoms with Gasteiger partial charge >= 0.3 is 0 Å². The Kier molecular flexibility index (Phi) is 6.91. The van der Waals surface area contributed by atoms with Crippen LogP contribution in [0.5, 0.6) is 0 Å². The van der Waals surface area contributed by atoms with E-state index in [4.69, 9.17) is 10.7 Å². The Bertz CT molecular complexity index is 1240. The minimum atomic E-state index is -0.143. The molecule has 3 aromatic carbocycles. The van der Waals surface area contributed by atoms with Crippen LogP contribution in [0.1, 0.15) is 16.8 Å². The van der Waals surface area contributed by atoms with E-state index in [-0.39, 0.29) is 12.3 Å². The molecule has 3 N–H and O–H groups in total. The number of hydrogen-bond donors (Lipinski definition) is 2. The lowest BCUT2D eigenvalue weighted by Gasteiger charge is -2.10. The highest BCUT2D eigenvalue weighted by molar-refractivity contribution is 14.1. The first-order chi connectivity index (χ1) is 15.6. The zero-order valence-corrected chi connectivity index (χ0v) is 19.4. The van der Waals surface area contributed by atoms with Crippen molar-refractivity contribution >= 4 is 52.2 Å². The van der Waals surface area contributed by atoms with Gasteiger partial charge in [0.2, 0.25) is 5.91 Å². The number of hydrogen-bond acceptors (Lipinski definition) is 4. The standard InChI is InChI=1S/C26H21IN4O/c27-21-11-6-19(7-12-21)16-25(32)31-26-23(15-8-18-4-2-1-3-5-18)30-24(17-29-26)20-9-13-22(28)14-10-20/h1-15,17H,16,28H2,(H,29,31,32)/b15-8+. The number of anilines is 2. The summed E-state index contributed by atoms with van der Waals surface area (Å²) < 4.78 is 1.13. The minimum Gasteiger partial charge on any atom is -0.399 e. The zero-order valence-electron chi connectivity index (χ0n) is 17.2. The Morgan fingerprint density at radius 3 is 2.38 bits per heavy atom. The van der Waals surface area contributed by atoms with Crippen molar-refractivity contribution in [2.45, 2.75) is 6.42 Å². The molecule has 1 amide bonds. The van der Waals surface area contributed by atoms with Gasteiger partial charge in [0.1, 0.15) is 5.69 Å². The molecule has 0 aliphatic carbocycles. The second-order valence-corrected chi connectivity index (χ2v) is 8.45. The van der Waals surface area contributed by atoms with Crippen LogP contribution in [0.25, 0.3) is 23.4 Å². The highest BCUT2D eigenvalue weighted by Crippen LogP contribution is 2.22. The van der Waals surface area contributed by atoms with Gasteiger partial charge in [-0.05, 0) is 64.1 Å². The number of nitrogens with two attached hydrogens (primary N) is 1. The van der Waals surface area contributed by atoms with Gasteiger partial charge in [-0.3, -0.25) is 4.79 Å². The molecule has 6 heteroatoms. The normalized spacial score (nSPS) is 10.9. The maximum atomic E-state index is 12.7. The predicted molar refractivity (Wildman–Crippen MR) is 139 cm³/mol. The Hall–Kier alpha value is -3.52. The molecule has 0 radical (unpaired) electrons. The van der Waals surface area contributed by atoms with Gasteiger partial charge < -0.3 is 11.1 Å². The van der Waals surface area contributed by atoms with E-state index >= 15 is 0 Å². The highest BCUT2D eigenvalue weighted by atomic mass is 127. The van der Waals surface area contributed by atoms with E-state index in [1.54, 1.807) is 6.20 Å². The molecule has 0 spiro atoms. The fraction of sp³-hybridized carbons (Fsp3) is 0.0385. The Morgan fingerprint density at radius 1 is 0.938 bits per heavy atom. The number of nitrogen functional groups attached to an aromatic ring is 1. The van der Waals surface area contributed by atoms with Gasteiger partial charge in [-0.1, -0.05) is 60.7 Å². The first-order valence-corrected chi connectivity index (χ1v) is 11.1. The van der Waals surface area contributed by atoms with Gasteiger partial charge in [-0.15, -0.1) is 0 Å². The second-order valence-electron chi connectivity index (χ2n) is 7.21. The van der Waals surface area contributed by atoms with Crippen LogP contribution in [0.2, 0.25) is 0 Å². The Morgan fingerprint density at radius 2 is 1.66 bits per heavy atom. The van der Waals surface area contributed by atoms with Gasteiger partial charge in [-0.25, -0.2) is 9.97 Å². The first-order valence-electron chi connectivity index (χ1n) is 10.1. The van der Waals surface area contributed by atoms with E-state index in [0.29, 0.717) is 22.9 Å². The topological polar surface area (TPSA) is 80.9 Å². The molecule has 0 bridgehead atoms. The monoisotopic (exact) mass is 532 g/mol. The van der Waals surface area contributed by atoms with E-state index in [2.05, 4.69) is 32.9 Å². The molecule has 4 aromatic rings. The molecule has 0 saturated carbocycles. The van der Waals surface area contributed by atoms with Crippen molar-refractivity contribution in [1.29, 1.82) is 0 Å². The molecule has 4 rings (SSSR count). The molecule has 0 fully saturated rings. The zero-order chi connectivity index (χ0) is 22.3. The average Bonchev–Trinajstić information content (AvgIpc) is 2.81. The smallest absolute Gasteiger partial charge is 0.230 e. The SMILES string of the molecule is Nc1ccc(-c2cnc(NC(=O)Cc3ccc(I)cc3)c(/C=C/c3ccccc3)n2)cc1. The number of amides is 1. The second kappa shape index (κ2) is 10.2. The number of benzene rings is 3. The van der Waals surface area contributed by atoms with Crippen LogP contribution < -0.4 is 11.1 Å². The molecule has 0 saturated heterocycles. The van der Waals surface area contributed by atoms with E-state index in [9.17, 15) is 4.79 Å². The van der Waals surface area contributed by atoms with Gasteiger partial charge in [0.25, 0.3) is 0 Å². The number of aromatic nitrogens is 2. The van der Waals surface area contributed by atoms with E-state index < -0.39 is 0 Å². The minimum absolute atomic E-state index is 0.143. The van der Waals surface area contributed by atoms with E-state index in [1.807, 2.05) is 91.0 Å². The third-order valence-corrected chi connectivity index (χ3v) is 5.49. The van der Waals surface area contributed by atoms with Gasteiger partial charge in [0, 0.05) is 14.8 Å². The Balaban J connectivity index is 1.62. The van der Waals surface area contributed by atoms with Crippen molar-refractivity contribution < 1.29 is 4.79 Å². The molecule has 32 heavy (non-hydrogen) atoms. The lowest BCUT2D eigenvalue weighted by molar-refractivity contribution is -0.115. The van der Waals surface area contributed by atoms with Crippen LogP contribution in [0.4, 0.5) is 11.5 Å². The van der Waals surface area contributed by atoms with Crippen molar-refractivity contribution in [3.63, 3.8) is 0 Å². The highest BCUT2D eigenvalue weighted by Gasteiger charge is 2.11. The summed E-state index contributed by atoms with van der Waals surface area (Å²) >= 11 is 2.24. The van der Waals surface area contributed by atoms with Crippen molar-refractivity contribution in [1.82, 2.24) is 9.97 Å². The molecule has 0 unspecified atom stereocenters. The van der Waals surface area contributed by atoms with Gasteiger partial charge in [0.05, 0.1) is 18.3 Å². The maximum Gasteiger partial charge on any atom is 0.230 e. The molecule has 158 valence electrons. The summed E-state index contributed by atoms with van der Waals surface area (Å²) in [5.41, 5.74) is 10.6. The van der Waals surface area contributed by atoms with Gasteiger partial charge in [0.15, 0.2) is 5.82 Å². The van der Waals surface area contributed by atoms with Crippen molar-refractivity contribution in [2.24, 2.45) is 0 Å². The maximum absolute atomic E-state index is 12.7. The lowest BCUT2D eigenvalue weighted by Crippen LogP contribution is -2.16. The fourth-order valence-corrected chi connectivity index (χ4v) is 3.47. The molecule has 5 nitrogen and oxygen atoms in total. The predicted octanol–water partition coefficient (Wildman–Crippen LogP) is 5.68. The molecule has 0 aliphatic rings. The summed E-state index contributed by atoms with van der Waals surface area (Å²) in [5, 5.41) is 2.91. The summed E-state index contributed by atoms with van der Waals surface area (Å²) in [6.45, 7) is 0. The number of nitrogens with zero attached hydrogens (tertiary/aromatic N) is 2. The number of carbonyl (C=O) groups is 1. The van der Waals surface area contributed by atoms with Crippen LogP contribution >= 0.6 is 22.6 Å². The third-order valence-electron chi connectivity index (χ3n) is 4.77. The van der Waals surface area contributed by atoms with E-state index in [0.717, 1.165) is 20.3 Å². The first kappa shape index (κ1) is 21.7. The quantitative estimate of drug-likeness (QED) is 0.247. The summed E-state index contributed by atoms with van der Waals surface area (Å²) in [6, 6.07) is 25.2. The van der Waals surface area contributed by atoms with Crippen molar-refractivity contribution in [3.05, 3.63) is 105 Å². The lowest BCUT2D eigenvalue weighted by atomic mass is 10.1. The number of halogens is 1. The molecule has 0 aliphatic heterocycles. The van der Waals surface area contributed by atoms with Gasteiger partial charge in [-0.2, -0.15) is 0 Å². The summed E-state index contributed by atoms with van der Waals surface area (Å²) in [6.07, 6.45) is 5.74. The summed E-state index contributed by atoms with van der Waals surface area (Å²) in [4.78, 5) is 21.9. The molecule has 1 aromatic heterocycles. The number of carbonyl (C=O) groups excluding carboxylic acids is 1. The molecular weight excluding hydrogens is 511 g/mol. The molecule has 1 heterocycles. The molecular formula is C26H21IN4O. The Labute approximate surface area is 200 Å². The van der Waals surface area contributed by atoms with Crippen LogP contribution in [-0.4, -0.2) is 15.9 Å². The van der Waals surface area contributed by atoms with Crippen molar-refractivity contribution in [3.8, 4) is 11.3 Å². The summed E-state index contributed by atoms with van der Waals surface area (Å²) in [5.74, 6) is 0.280. The largest absolute Gasteiger partial charge is 0.399 e. The van der Waals surface area contributed by atoms with Crippen LogP contribution in [0, 0.1) is 3.57 Å². The van der Waals surface area contributed by atoms with Crippen LogP contribution in [-0.2, 0) is 11.2 Å². The summed E-state index contributed by atoms with van der Waals surface area (Å²) in [7, 11) is 0. The third kappa shape index (κ3) is 5.79. The average molecular weight is 532 g/mol. The molecule has 0 atom stereocenters.